The topological polar surface area (TPSA) is 51.1 Å². The van der Waals surface area contributed by atoms with Gasteiger partial charge in [0.15, 0.2) is 5.96 Å². The first-order valence-electron chi connectivity index (χ1n) is 8.43. The summed E-state index contributed by atoms with van der Waals surface area (Å²) in [6.07, 6.45) is -4.19. The molecule has 8 heteroatoms. The average molecular weight is 358 g/mol. The molecule has 2 rings (SSSR count). The van der Waals surface area contributed by atoms with Crippen LogP contribution in [0.5, 0.6) is 5.75 Å². The summed E-state index contributed by atoms with van der Waals surface area (Å²) < 4.78 is 38.5. The zero-order valence-electron chi connectivity index (χ0n) is 14.6. The smallest absolute Gasteiger partial charge is 0.403 e. The number of guanidine groups is 1. The number of nitrogens with one attached hydrogen (secondary N) is 1. The van der Waals surface area contributed by atoms with Crippen LogP contribution in [-0.4, -0.2) is 65.8 Å². The van der Waals surface area contributed by atoms with Crippen molar-refractivity contribution in [1.82, 2.24) is 15.1 Å². The van der Waals surface area contributed by atoms with E-state index in [1.165, 1.54) is 11.8 Å². The van der Waals surface area contributed by atoms with Gasteiger partial charge in [-0.3, -0.25) is 4.90 Å². The first-order valence-corrected chi connectivity index (χ1v) is 8.43. The van der Waals surface area contributed by atoms with Crippen molar-refractivity contribution in [3.8, 4) is 5.75 Å². The number of hydrogen-bond donors (Lipinski definition) is 2. The van der Waals surface area contributed by atoms with Crippen molar-refractivity contribution >= 4 is 5.96 Å². The molecule has 1 aliphatic heterocycles. The average Bonchev–Trinajstić information content (AvgIpc) is 2.59. The van der Waals surface area contributed by atoms with E-state index in [9.17, 15) is 18.3 Å². The van der Waals surface area contributed by atoms with Gasteiger partial charge in [-0.1, -0.05) is 12.1 Å². The number of hydrogen-bond acceptors (Lipinski definition) is 3. The molecule has 1 aromatic rings. The molecule has 1 heterocycles. The highest BCUT2D eigenvalue weighted by Gasteiger charge is 2.41. The Morgan fingerprint density at radius 1 is 1.20 bits per heavy atom. The van der Waals surface area contributed by atoms with Gasteiger partial charge >= 0.3 is 6.18 Å². The molecule has 2 N–H and O–H groups in total. The van der Waals surface area contributed by atoms with Crippen molar-refractivity contribution < 1.29 is 18.3 Å². The lowest BCUT2D eigenvalue weighted by atomic mass is 10.2. The highest BCUT2D eigenvalue weighted by Crippen LogP contribution is 2.25. The monoisotopic (exact) mass is 358 g/mol. The van der Waals surface area contributed by atoms with Crippen molar-refractivity contribution in [2.45, 2.75) is 32.6 Å². The minimum Gasteiger partial charge on any atom is -0.508 e. The van der Waals surface area contributed by atoms with Crippen LogP contribution >= 0.6 is 0 Å². The molecule has 0 aliphatic carbocycles. The zero-order chi connectivity index (χ0) is 18.4. The lowest BCUT2D eigenvalue weighted by molar-refractivity contribution is -0.181. The molecule has 0 spiro atoms. The Morgan fingerprint density at radius 2 is 1.80 bits per heavy atom. The van der Waals surface area contributed by atoms with Crippen LogP contribution < -0.4 is 5.32 Å². The van der Waals surface area contributed by atoms with Gasteiger partial charge in [0.05, 0.1) is 6.54 Å². The maximum atomic E-state index is 12.8. The Balaban J connectivity index is 1.97. The summed E-state index contributed by atoms with van der Waals surface area (Å²) in [7, 11) is 0. The second-order valence-electron chi connectivity index (χ2n) is 6.08. The van der Waals surface area contributed by atoms with Crippen LogP contribution in [0.1, 0.15) is 19.4 Å². The van der Waals surface area contributed by atoms with Gasteiger partial charge in [0.25, 0.3) is 0 Å². The number of phenolic OH excluding ortho intramolecular Hbond substituents is 1. The van der Waals surface area contributed by atoms with Crippen LogP contribution in [0.3, 0.4) is 0 Å². The van der Waals surface area contributed by atoms with Crippen LogP contribution in [-0.2, 0) is 6.54 Å². The predicted octanol–water partition coefficient (Wildman–Crippen LogP) is 2.43. The Kier molecular flexibility index (Phi) is 6.52. The standard InChI is InChI=1S/C17H25F3N4O/c1-3-21-16(22-12-14-4-6-15(25)7-5-14)24-10-8-23(9-11-24)13(2)17(18,19)20/h4-7,13,25H,3,8-12H2,1-2H3,(H,21,22). The van der Waals surface area contributed by atoms with Crippen LogP contribution in [0.4, 0.5) is 13.2 Å². The minimum atomic E-state index is -4.19. The third-order valence-corrected chi connectivity index (χ3v) is 4.32. The molecule has 0 aromatic heterocycles. The lowest BCUT2D eigenvalue weighted by Crippen LogP contribution is -2.56. The summed E-state index contributed by atoms with van der Waals surface area (Å²) in [5.41, 5.74) is 0.956. The van der Waals surface area contributed by atoms with Gasteiger partial charge < -0.3 is 15.3 Å². The molecule has 0 saturated carbocycles. The predicted molar refractivity (Wildman–Crippen MR) is 91.6 cm³/mol. The van der Waals surface area contributed by atoms with Crippen LogP contribution in [0, 0.1) is 0 Å². The number of piperazine rings is 1. The maximum absolute atomic E-state index is 12.8. The number of rotatable bonds is 4. The molecule has 140 valence electrons. The molecular formula is C17H25F3N4O. The van der Waals surface area contributed by atoms with Crippen molar-refractivity contribution in [2.75, 3.05) is 32.7 Å². The minimum absolute atomic E-state index is 0.203. The third kappa shape index (κ3) is 5.52. The molecule has 0 amide bonds. The molecule has 1 aromatic carbocycles. The van der Waals surface area contributed by atoms with Crippen LogP contribution in [0.15, 0.2) is 29.3 Å². The molecular weight excluding hydrogens is 333 g/mol. The van der Waals surface area contributed by atoms with Crippen molar-refractivity contribution in [3.05, 3.63) is 29.8 Å². The summed E-state index contributed by atoms with van der Waals surface area (Å²) in [6, 6.07) is 5.38. The van der Waals surface area contributed by atoms with Crippen LogP contribution in [0.2, 0.25) is 0 Å². The normalized spacial score (nSPS) is 18.3. The van der Waals surface area contributed by atoms with Crippen molar-refractivity contribution in [3.63, 3.8) is 0 Å². The fourth-order valence-electron chi connectivity index (χ4n) is 2.72. The molecule has 1 fully saturated rings. The number of nitrogens with zero attached hydrogens (tertiary/aromatic N) is 3. The molecule has 0 bridgehead atoms. The summed E-state index contributed by atoms with van der Waals surface area (Å²) >= 11 is 0. The van der Waals surface area contributed by atoms with Gasteiger partial charge in [0.1, 0.15) is 11.8 Å². The van der Waals surface area contributed by atoms with Gasteiger partial charge in [-0.2, -0.15) is 13.2 Å². The lowest BCUT2D eigenvalue weighted by Gasteiger charge is -2.39. The number of alkyl halides is 3. The quantitative estimate of drug-likeness (QED) is 0.641. The summed E-state index contributed by atoms with van der Waals surface area (Å²) in [5.74, 6) is 0.907. The van der Waals surface area contributed by atoms with Gasteiger partial charge in [-0.15, -0.1) is 0 Å². The molecule has 0 radical (unpaired) electrons. The van der Waals surface area contributed by atoms with E-state index in [0.29, 0.717) is 45.2 Å². The molecule has 5 nitrogen and oxygen atoms in total. The first kappa shape index (κ1) is 19.4. The molecule has 1 aliphatic rings. The van der Waals surface area contributed by atoms with E-state index in [-0.39, 0.29) is 5.75 Å². The zero-order valence-corrected chi connectivity index (χ0v) is 14.6. The highest BCUT2D eigenvalue weighted by molar-refractivity contribution is 5.80. The van der Waals surface area contributed by atoms with Gasteiger partial charge in [0, 0.05) is 32.7 Å². The van der Waals surface area contributed by atoms with Crippen molar-refractivity contribution in [2.24, 2.45) is 4.99 Å². The van der Waals surface area contributed by atoms with Crippen LogP contribution in [0.25, 0.3) is 0 Å². The molecule has 1 unspecified atom stereocenters. The summed E-state index contributed by atoms with van der Waals surface area (Å²) in [4.78, 5) is 8.01. The second kappa shape index (κ2) is 8.42. The largest absolute Gasteiger partial charge is 0.508 e. The molecule has 1 atom stereocenters. The number of phenols is 1. The van der Waals surface area contributed by atoms with E-state index >= 15 is 0 Å². The van der Waals surface area contributed by atoms with Gasteiger partial charge in [0.2, 0.25) is 0 Å². The van der Waals surface area contributed by atoms with Gasteiger partial charge in [-0.25, -0.2) is 4.99 Å². The van der Waals surface area contributed by atoms with E-state index in [1.54, 1.807) is 24.3 Å². The van der Waals surface area contributed by atoms with Crippen molar-refractivity contribution in [1.29, 1.82) is 0 Å². The molecule has 1 saturated heterocycles. The molecule has 25 heavy (non-hydrogen) atoms. The number of benzene rings is 1. The highest BCUT2D eigenvalue weighted by atomic mass is 19.4. The third-order valence-electron chi connectivity index (χ3n) is 4.32. The Labute approximate surface area is 146 Å². The first-order chi connectivity index (χ1) is 11.8. The number of aromatic hydroxyl groups is 1. The Hall–Kier alpha value is -1.96. The maximum Gasteiger partial charge on any atom is 0.403 e. The Morgan fingerprint density at radius 3 is 2.32 bits per heavy atom. The van der Waals surface area contributed by atoms with E-state index in [2.05, 4.69) is 10.3 Å². The fraction of sp³-hybridized carbons (Fsp3) is 0.588. The summed E-state index contributed by atoms with van der Waals surface area (Å²) in [6.45, 7) is 6.01. The number of aliphatic imine (C=N–C) groups is 1. The van der Waals surface area contributed by atoms with E-state index in [4.69, 9.17) is 0 Å². The van der Waals surface area contributed by atoms with E-state index in [0.717, 1.165) is 5.56 Å². The number of halogens is 3. The SMILES string of the molecule is CCNC(=NCc1ccc(O)cc1)N1CCN(C(C)C(F)(F)F)CC1. The second-order valence-corrected chi connectivity index (χ2v) is 6.08. The summed E-state index contributed by atoms with van der Waals surface area (Å²) in [5, 5.41) is 12.5. The fourth-order valence-corrected chi connectivity index (χ4v) is 2.72. The van der Waals surface area contributed by atoms with Gasteiger partial charge in [-0.05, 0) is 31.5 Å². The Bertz CT molecular complexity index is 566. The van der Waals surface area contributed by atoms with E-state index < -0.39 is 12.2 Å². The van der Waals surface area contributed by atoms with E-state index in [1.807, 2.05) is 11.8 Å².